The van der Waals surface area contributed by atoms with E-state index in [2.05, 4.69) is 100 Å². The minimum atomic E-state index is -0.488. The fraction of sp³-hybridized carbons (Fsp3) is 0.583. The molecule has 1 amide bonds. The molecule has 9 unspecified atom stereocenters. The van der Waals surface area contributed by atoms with Gasteiger partial charge >= 0.3 is 65.7 Å². The number of hydrogen-bond donors (Lipinski definition) is 6. The number of rotatable bonds is 37. The highest BCUT2D eigenvalue weighted by Gasteiger charge is 2.24. The van der Waals surface area contributed by atoms with Gasteiger partial charge in [0.2, 0.25) is 5.91 Å². The van der Waals surface area contributed by atoms with Crippen molar-refractivity contribution in [3.05, 3.63) is 156 Å². The highest BCUT2D eigenvalue weighted by molar-refractivity contribution is 7.80. The molecule has 29 nitrogen and oxygen atoms in total. The Morgan fingerprint density at radius 2 is 0.841 bits per heavy atom. The van der Waals surface area contributed by atoms with Crippen molar-refractivity contribution in [2.24, 2.45) is 76.6 Å². The zero-order valence-corrected chi connectivity index (χ0v) is 79.9. The van der Waals surface area contributed by atoms with Gasteiger partial charge in [-0.2, -0.15) is 12.6 Å². The van der Waals surface area contributed by atoms with Crippen molar-refractivity contribution in [1.82, 2.24) is 9.97 Å². The van der Waals surface area contributed by atoms with Crippen LogP contribution in [-0.4, -0.2) is 161 Å². The summed E-state index contributed by atoms with van der Waals surface area (Å²) in [5.74, 6) is -1.54. The number of nitrogens with one attached hydrogen (secondary N) is 2. The molecule has 1 heterocycles. The molecule has 7 N–H and O–H groups in total. The molecule has 0 radical (unpaired) electrons. The quantitative estimate of drug-likeness (QED) is 0.00537. The van der Waals surface area contributed by atoms with Crippen molar-refractivity contribution in [3.8, 4) is 5.75 Å². The van der Waals surface area contributed by atoms with Crippen LogP contribution in [0.2, 0.25) is 0 Å². The summed E-state index contributed by atoms with van der Waals surface area (Å²) in [4.78, 5) is 138. The van der Waals surface area contributed by atoms with Gasteiger partial charge in [-0.15, -0.1) is 0 Å². The zero-order chi connectivity index (χ0) is 96.5. The number of esters is 11. The largest absolute Gasteiger partial charge is 0.508 e. The van der Waals surface area contributed by atoms with E-state index in [1.165, 1.54) is 81.7 Å². The number of aromatic hydroxyl groups is 1. The Bertz CT molecular complexity index is 3730. The number of nitrogens with zero attached hydrogens (tertiary/aromatic N) is 1. The van der Waals surface area contributed by atoms with Gasteiger partial charge in [-0.25, -0.2) is 4.98 Å². The number of aromatic nitrogens is 2. The molecule has 0 bridgehead atoms. The SMILES string of the molecule is CC(C)CC(C)C(=O)OC1CCCCC1.CC(C)CC(C)C(=O)OCc1ccccc1.CCC(=O)OCc1ccccc1.COC(=O)C(C)CC(N)=O.COC(=O)C(C)CCCCC(=N)N.COC(=O)C(C)CCc1ccccc1.COC(=O)C(C)CS.COC(=O)C(C)Cc1ccc(O)cc1.COC(=O)C(C)Cc1cnc[nH]1.COC(=O)CCC(C)C(=O)OC. The van der Waals surface area contributed by atoms with E-state index < -0.39 is 17.8 Å². The fourth-order valence-electron chi connectivity index (χ4n) is 11.1. The number of thiol groups is 1. The van der Waals surface area contributed by atoms with E-state index in [0.29, 0.717) is 62.9 Å². The standard InChI is InChI=1S/C14H20O2.C13H24O2.C12H16O2.C11H14O3.C10H12O2.C9H18N2O2.C8H12N2O2.C8H14O4.C6H11NO3.C5H10O2S/c1-11(2)9-12(3)14(15)16-10-13-7-5-4-6-8-13;1-10(2)9-11(3)13(14)15-12-7-5-4-6-8-12;1-10(12(13)14-2)8-9-11-6-4-3-5-7-11;1-8(11(13)14-2)7-9-3-5-10(12)6-4-9;1-2-10(11)12-8-9-6-4-3-5-7-9;1-7(9(12)13-2)5-3-4-6-8(10)11;1-6(8(11)12-2)3-7-4-9-5-10-7;1-6(8(10)12-3)4-5-7(9)11-2;1-4(3-5(7)8)6(9)10-2;1-4(3-8)5(6)7-2/h4-8,11-12H,9-10H2,1-3H3;10-12H,4-9H2,1-3H3;3-7,10H,8-9H2,1-2H3;3-6,8,12H,7H2,1-2H3;3-7H,2,8H2,1H3;7H,3-6H2,1-2H3,(H3,10,11);4-6H,3H2,1-2H3,(H,9,10);6H,4-5H2,1-3H3;4H,3H2,1-2H3,(H2,7,8);4,8H,3H2,1-2H3. The summed E-state index contributed by atoms with van der Waals surface area (Å²) >= 11 is 3.91. The summed E-state index contributed by atoms with van der Waals surface area (Å²) in [7, 11) is 10.9. The average Bonchev–Trinajstić information content (AvgIpc) is 1.42. The van der Waals surface area contributed by atoms with Crippen LogP contribution in [0.3, 0.4) is 0 Å². The lowest BCUT2D eigenvalue weighted by atomic mass is 9.96. The van der Waals surface area contributed by atoms with Crippen molar-refractivity contribution in [3.63, 3.8) is 0 Å². The summed E-state index contributed by atoms with van der Waals surface area (Å²) in [5, 5.41) is 16.0. The summed E-state index contributed by atoms with van der Waals surface area (Å²) in [5.41, 5.74) is 15.3. The monoisotopic (exact) mass is 1790 g/mol. The second-order valence-corrected chi connectivity index (χ2v) is 31.6. The van der Waals surface area contributed by atoms with E-state index in [1.807, 2.05) is 120 Å². The van der Waals surface area contributed by atoms with Crippen LogP contribution in [0.15, 0.2) is 128 Å². The number of H-pyrrole nitrogens is 1. The molecular weight excluding hydrogens is 1640 g/mol. The second kappa shape index (κ2) is 76.8. The zero-order valence-electron chi connectivity index (χ0n) is 79.0. The van der Waals surface area contributed by atoms with Gasteiger partial charge in [0.05, 0.1) is 122 Å². The molecule has 1 saturated carbocycles. The first-order chi connectivity index (χ1) is 59.6. The highest BCUT2D eigenvalue weighted by atomic mass is 32.1. The molecule has 0 spiro atoms. The van der Waals surface area contributed by atoms with Crippen LogP contribution in [0.25, 0.3) is 0 Å². The van der Waals surface area contributed by atoms with Crippen LogP contribution in [0.1, 0.15) is 228 Å². The maximum absolute atomic E-state index is 11.7. The molecule has 126 heavy (non-hydrogen) atoms. The molecule has 5 aromatic rings. The topological polar surface area (TPSA) is 431 Å². The summed E-state index contributed by atoms with van der Waals surface area (Å²) in [6.45, 7) is 27.4. The lowest BCUT2D eigenvalue weighted by Gasteiger charge is -2.23. The number of amidine groups is 1. The lowest BCUT2D eigenvalue weighted by Crippen LogP contribution is -2.25. The maximum atomic E-state index is 11.7. The molecule has 1 fully saturated rings. The molecule has 1 aliphatic carbocycles. The summed E-state index contributed by atoms with van der Waals surface area (Å²) in [6, 6.07) is 36.4. The van der Waals surface area contributed by atoms with Crippen molar-refractivity contribution in [1.29, 1.82) is 5.41 Å². The number of benzene rings is 4. The highest BCUT2D eigenvalue weighted by Crippen LogP contribution is 2.24. The van der Waals surface area contributed by atoms with Crippen LogP contribution in [0.5, 0.6) is 5.75 Å². The molecular formula is C96H151N5O24S. The number of nitrogens with two attached hydrogens (primary N) is 2. The Morgan fingerprint density at radius 1 is 0.437 bits per heavy atom. The summed E-state index contributed by atoms with van der Waals surface area (Å²) in [6.07, 6.45) is 18.7. The molecule has 1 aromatic heterocycles. The number of primary amides is 1. The molecule has 6 rings (SSSR count). The molecule has 0 aliphatic heterocycles. The molecule has 1 aliphatic rings. The number of methoxy groups -OCH3 is 8. The van der Waals surface area contributed by atoms with Crippen molar-refractivity contribution < 1.29 is 115 Å². The van der Waals surface area contributed by atoms with Gasteiger partial charge in [0.1, 0.15) is 25.1 Å². The van der Waals surface area contributed by atoms with E-state index in [1.54, 1.807) is 64.5 Å². The van der Waals surface area contributed by atoms with Gasteiger partial charge in [0.25, 0.3) is 0 Å². The van der Waals surface area contributed by atoms with E-state index in [0.717, 1.165) is 80.2 Å². The predicted octanol–water partition coefficient (Wildman–Crippen LogP) is 16.5. The van der Waals surface area contributed by atoms with Crippen molar-refractivity contribution in [2.75, 3.05) is 62.6 Å². The number of aromatic amines is 1. The van der Waals surface area contributed by atoms with Gasteiger partial charge in [0.15, 0.2) is 0 Å². The third kappa shape index (κ3) is 67.7. The first-order valence-corrected chi connectivity index (χ1v) is 43.5. The molecule has 30 heteroatoms. The molecule has 0 saturated heterocycles. The predicted molar refractivity (Wildman–Crippen MR) is 489 cm³/mol. The van der Waals surface area contributed by atoms with E-state index in [9.17, 15) is 57.5 Å². The molecule has 4 aromatic carbocycles. The van der Waals surface area contributed by atoms with Gasteiger partial charge in [-0.05, 0) is 123 Å². The van der Waals surface area contributed by atoms with Crippen LogP contribution >= 0.6 is 12.6 Å². The number of unbranched alkanes of at least 4 members (excludes halogenated alkanes) is 1. The molecule has 710 valence electrons. The number of aryl methyl sites for hydroxylation is 1. The first-order valence-electron chi connectivity index (χ1n) is 42.8. The number of amides is 1. The van der Waals surface area contributed by atoms with Crippen LogP contribution in [0.4, 0.5) is 0 Å². The van der Waals surface area contributed by atoms with Crippen LogP contribution in [0, 0.1) is 70.5 Å². The Hall–Kier alpha value is -10.7. The average molecular weight is 1790 g/mol. The van der Waals surface area contributed by atoms with Crippen LogP contribution in [-0.2, 0) is 142 Å². The Balaban J connectivity index is -0.000000659. The smallest absolute Gasteiger partial charge is 0.309 e. The number of phenolic OH excluding ortho intramolecular Hbond substituents is 1. The van der Waals surface area contributed by atoms with Crippen LogP contribution < -0.4 is 11.5 Å². The first kappa shape index (κ1) is 122. The maximum Gasteiger partial charge on any atom is 0.309 e. The Morgan fingerprint density at radius 3 is 1.24 bits per heavy atom. The second-order valence-electron chi connectivity index (χ2n) is 31.2. The fourth-order valence-corrected chi connectivity index (χ4v) is 11.3. The number of hydrogen-bond acceptors (Lipinski definition) is 27. The Labute approximate surface area is 755 Å². The lowest BCUT2D eigenvalue weighted by molar-refractivity contribution is -0.155. The van der Waals surface area contributed by atoms with Gasteiger partial charge < -0.3 is 73.7 Å². The minimum Gasteiger partial charge on any atom is -0.508 e. The van der Waals surface area contributed by atoms with Gasteiger partial charge in [-0.1, -0.05) is 213 Å². The number of imidazole rings is 1. The number of carbonyl (C=O) groups is 12. The summed E-state index contributed by atoms with van der Waals surface area (Å²) < 4.78 is 51.8. The molecule has 9 atom stereocenters. The van der Waals surface area contributed by atoms with Crippen molar-refractivity contribution in [2.45, 2.75) is 238 Å². The Kier molecular flexibility index (Phi) is 74.1. The van der Waals surface area contributed by atoms with E-state index >= 15 is 0 Å². The third-order valence-corrected chi connectivity index (χ3v) is 19.2. The van der Waals surface area contributed by atoms with E-state index in [-0.39, 0.29) is 138 Å². The van der Waals surface area contributed by atoms with E-state index in [4.69, 9.17) is 36.2 Å². The third-order valence-electron chi connectivity index (χ3n) is 18.7. The number of phenols is 1. The van der Waals surface area contributed by atoms with Crippen molar-refractivity contribution >= 4 is 90.0 Å². The number of carbonyl (C=O) groups excluding carboxylic acids is 12. The normalized spacial score (nSPS) is 13.0. The number of ether oxygens (including phenoxy) is 11. The van der Waals surface area contributed by atoms with Gasteiger partial charge in [-0.3, -0.25) is 62.9 Å². The van der Waals surface area contributed by atoms with Gasteiger partial charge in [0, 0.05) is 49.7 Å². The minimum absolute atomic E-state index is 0.00981.